The highest BCUT2D eigenvalue weighted by Gasteiger charge is 2.45. The minimum atomic E-state index is -4.40. The molecule has 13 heavy (non-hydrogen) atoms. The van der Waals surface area contributed by atoms with Crippen LogP contribution in [0.25, 0.3) is 0 Å². The molecule has 0 bridgehead atoms. The van der Waals surface area contributed by atoms with Crippen LogP contribution in [0, 0.1) is 5.92 Å². The van der Waals surface area contributed by atoms with Crippen LogP contribution < -0.4 is 0 Å². The molecular formula is C8H10F3NO. The van der Waals surface area contributed by atoms with E-state index in [-0.39, 0.29) is 0 Å². The summed E-state index contributed by atoms with van der Waals surface area (Å²) in [6.45, 7) is 0. The maximum absolute atomic E-state index is 12.3. The van der Waals surface area contributed by atoms with Crippen LogP contribution in [0.5, 0.6) is 0 Å². The first-order valence-corrected chi connectivity index (χ1v) is 4.19. The largest absolute Gasteiger partial charge is 0.411 e. The van der Waals surface area contributed by atoms with Crippen LogP contribution in [0.4, 0.5) is 13.2 Å². The fourth-order valence-corrected chi connectivity index (χ4v) is 1.78. The Kier molecular flexibility index (Phi) is 3.09. The van der Waals surface area contributed by atoms with E-state index in [1.165, 1.54) is 0 Å². The lowest BCUT2D eigenvalue weighted by Crippen LogP contribution is -2.33. The highest BCUT2D eigenvalue weighted by atomic mass is 19.4. The zero-order valence-corrected chi connectivity index (χ0v) is 6.97. The number of hydrogen-bond donors (Lipinski definition) is 0. The second kappa shape index (κ2) is 3.92. The molecule has 0 aromatic carbocycles. The summed E-state index contributed by atoms with van der Waals surface area (Å²) >= 11 is 0. The van der Waals surface area contributed by atoms with E-state index in [0.717, 1.165) is 18.9 Å². The molecule has 1 unspecified atom stereocenters. The minimum Gasteiger partial charge on any atom is -0.211 e. The number of carbonyl (C=O) groups excluding carboxylic acids is 1. The SMILES string of the molecule is O=C=NC(C1CCCC1)C(F)(F)F. The predicted octanol–water partition coefficient (Wildman–Crippen LogP) is 2.44. The highest BCUT2D eigenvalue weighted by Crippen LogP contribution is 2.37. The lowest BCUT2D eigenvalue weighted by atomic mass is 9.98. The Hall–Kier alpha value is -0.830. The van der Waals surface area contributed by atoms with E-state index in [1.54, 1.807) is 0 Å². The van der Waals surface area contributed by atoms with Crippen molar-refractivity contribution in [2.24, 2.45) is 10.9 Å². The van der Waals surface area contributed by atoms with Gasteiger partial charge in [0.2, 0.25) is 6.08 Å². The Morgan fingerprint density at radius 3 is 2.23 bits per heavy atom. The molecule has 74 valence electrons. The van der Waals surface area contributed by atoms with Gasteiger partial charge < -0.3 is 0 Å². The second-order valence-corrected chi connectivity index (χ2v) is 3.25. The van der Waals surface area contributed by atoms with Crippen molar-refractivity contribution in [3.63, 3.8) is 0 Å². The predicted molar refractivity (Wildman–Crippen MR) is 39.9 cm³/mol. The number of aliphatic imine (C=N–C) groups is 1. The molecule has 1 aliphatic carbocycles. The molecule has 0 saturated heterocycles. The van der Waals surface area contributed by atoms with Crippen LogP contribution in [0.1, 0.15) is 25.7 Å². The number of isocyanates is 1. The summed E-state index contributed by atoms with van der Waals surface area (Å²) in [4.78, 5) is 12.7. The Bertz CT molecular complexity index is 214. The topological polar surface area (TPSA) is 29.4 Å². The Morgan fingerprint density at radius 1 is 1.31 bits per heavy atom. The van der Waals surface area contributed by atoms with Crippen LogP contribution >= 0.6 is 0 Å². The van der Waals surface area contributed by atoms with E-state index < -0.39 is 18.1 Å². The molecule has 0 N–H and O–H groups in total. The molecule has 0 aromatic heterocycles. The van der Waals surface area contributed by atoms with E-state index in [1.807, 2.05) is 0 Å². The van der Waals surface area contributed by atoms with Gasteiger partial charge in [-0.1, -0.05) is 12.8 Å². The van der Waals surface area contributed by atoms with Crippen LogP contribution in [-0.4, -0.2) is 18.3 Å². The fraction of sp³-hybridized carbons (Fsp3) is 0.875. The Morgan fingerprint density at radius 2 is 1.85 bits per heavy atom. The maximum atomic E-state index is 12.3. The van der Waals surface area contributed by atoms with Crippen molar-refractivity contribution < 1.29 is 18.0 Å². The summed E-state index contributed by atoms with van der Waals surface area (Å²) in [5.41, 5.74) is 0. The van der Waals surface area contributed by atoms with Gasteiger partial charge in [-0.05, 0) is 18.8 Å². The number of nitrogens with zero attached hydrogens (tertiary/aromatic N) is 1. The summed E-state index contributed by atoms with van der Waals surface area (Å²) < 4.78 is 36.9. The molecule has 2 nitrogen and oxygen atoms in total. The van der Waals surface area contributed by atoms with Crippen molar-refractivity contribution >= 4 is 6.08 Å². The molecule has 1 saturated carbocycles. The Labute approximate surface area is 73.8 Å². The smallest absolute Gasteiger partial charge is 0.211 e. The van der Waals surface area contributed by atoms with Gasteiger partial charge >= 0.3 is 6.18 Å². The average Bonchev–Trinajstić information content (AvgIpc) is 2.49. The first-order valence-electron chi connectivity index (χ1n) is 4.19. The molecule has 1 rings (SSSR count). The number of hydrogen-bond acceptors (Lipinski definition) is 2. The summed E-state index contributed by atoms with van der Waals surface area (Å²) in [6.07, 6.45) is -0.777. The van der Waals surface area contributed by atoms with E-state index in [4.69, 9.17) is 0 Å². The zero-order valence-electron chi connectivity index (χ0n) is 6.97. The van der Waals surface area contributed by atoms with E-state index >= 15 is 0 Å². The van der Waals surface area contributed by atoms with Crippen molar-refractivity contribution in [3.05, 3.63) is 0 Å². The molecule has 1 aliphatic rings. The van der Waals surface area contributed by atoms with Gasteiger partial charge in [0.05, 0.1) is 0 Å². The number of alkyl halides is 3. The maximum Gasteiger partial charge on any atom is 0.411 e. The zero-order chi connectivity index (χ0) is 9.90. The quantitative estimate of drug-likeness (QED) is 0.489. The van der Waals surface area contributed by atoms with Crippen molar-refractivity contribution in [1.29, 1.82) is 0 Å². The average molecular weight is 193 g/mol. The Balaban J connectivity index is 2.72. The fourth-order valence-electron chi connectivity index (χ4n) is 1.78. The van der Waals surface area contributed by atoms with Gasteiger partial charge in [-0.25, -0.2) is 4.79 Å². The lowest BCUT2D eigenvalue weighted by Gasteiger charge is -2.20. The first kappa shape index (κ1) is 10.3. The van der Waals surface area contributed by atoms with Crippen molar-refractivity contribution in [2.75, 3.05) is 0 Å². The van der Waals surface area contributed by atoms with Crippen LogP contribution in [0.3, 0.4) is 0 Å². The van der Waals surface area contributed by atoms with E-state index in [0.29, 0.717) is 12.8 Å². The van der Waals surface area contributed by atoms with Gasteiger partial charge in [0, 0.05) is 0 Å². The molecule has 1 atom stereocenters. The first-order chi connectivity index (χ1) is 6.05. The van der Waals surface area contributed by atoms with Gasteiger partial charge in [-0.3, -0.25) is 0 Å². The standard InChI is InChI=1S/C8H10F3NO/c9-8(10,11)7(12-5-13)6-3-1-2-4-6/h6-7H,1-4H2. The summed E-state index contributed by atoms with van der Waals surface area (Å²) in [5.74, 6) is -0.513. The summed E-state index contributed by atoms with van der Waals surface area (Å²) in [7, 11) is 0. The van der Waals surface area contributed by atoms with Gasteiger partial charge in [0.25, 0.3) is 0 Å². The van der Waals surface area contributed by atoms with Crippen LogP contribution in [0.15, 0.2) is 4.99 Å². The van der Waals surface area contributed by atoms with Crippen molar-refractivity contribution in [3.8, 4) is 0 Å². The van der Waals surface area contributed by atoms with Crippen molar-refractivity contribution in [1.82, 2.24) is 0 Å². The van der Waals surface area contributed by atoms with E-state index in [9.17, 15) is 18.0 Å². The molecule has 5 heteroatoms. The molecular weight excluding hydrogens is 183 g/mol. The summed E-state index contributed by atoms with van der Waals surface area (Å²) in [5, 5.41) is 0. The molecule has 0 aromatic rings. The molecule has 1 fully saturated rings. The molecule has 0 amide bonds. The second-order valence-electron chi connectivity index (χ2n) is 3.25. The molecule has 0 aliphatic heterocycles. The third kappa shape index (κ3) is 2.56. The van der Waals surface area contributed by atoms with Gasteiger partial charge in [0.15, 0.2) is 6.04 Å². The molecule has 0 heterocycles. The molecule has 0 spiro atoms. The van der Waals surface area contributed by atoms with Gasteiger partial charge in [-0.15, -0.1) is 0 Å². The third-order valence-electron chi connectivity index (χ3n) is 2.37. The minimum absolute atomic E-state index is 0.509. The third-order valence-corrected chi connectivity index (χ3v) is 2.37. The van der Waals surface area contributed by atoms with E-state index in [2.05, 4.69) is 4.99 Å². The summed E-state index contributed by atoms with van der Waals surface area (Å²) in [6, 6.07) is -1.83. The van der Waals surface area contributed by atoms with Crippen LogP contribution in [-0.2, 0) is 4.79 Å². The lowest BCUT2D eigenvalue weighted by molar-refractivity contribution is -0.157. The monoisotopic (exact) mass is 193 g/mol. The van der Waals surface area contributed by atoms with Gasteiger partial charge in [-0.2, -0.15) is 18.2 Å². The number of rotatable bonds is 2. The molecule has 0 radical (unpaired) electrons. The normalized spacial score (nSPS) is 21.2. The highest BCUT2D eigenvalue weighted by molar-refractivity contribution is 5.34. The van der Waals surface area contributed by atoms with Crippen LogP contribution in [0.2, 0.25) is 0 Å². The van der Waals surface area contributed by atoms with Crippen molar-refractivity contribution in [2.45, 2.75) is 37.9 Å². The number of halogens is 3. The van der Waals surface area contributed by atoms with Gasteiger partial charge in [0.1, 0.15) is 0 Å².